The Hall–Kier alpha value is -3.73. The number of benzene rings is 2. The number of fused-ring (bicyclic) bond motifs is 1. The zero-order chi connectivity index (χ0) is 23.8. The summed E-state index contributed by atoms with van der Waals surface area (Å²) in [6, 6.07) is 11.3. The molecule has 1 N–H and O–H groups in total. The number of methoxy groups -OCH3 is 1. The molecule has 4 rings (SSSR count). The highest BCUT2D eigenvalue weighted by atomic mass is 32.1. The van der Waals surface area contributed by atoms with Gasteiger partial charge in [-0.05, 0) is 49.4 Å². The molecule has 0 atom stereocenters. The van der Waals surface area contributed by atoms with Crippen LogP contribution < -0.4 is 15.6 Å². The summed E-state index contributed by atoms with van der Waals surface area (Å²) < 4.78 is 45.5. The fourth-order valence-corrected chi connectivity index (χ4v) is 4.14. The molecule has 0 spiro atoms. The second-order valence-electron chi connectivity index (χ2n) is 7.08. The van der Waals surface area contributed by atoms with Gasteiger partial charge in [-0.1, -0.05) is 6.07 Å². The van der Waals surface area contributed by atoms with Crippen molar-refractivity contribution in [2.75, 3.05) is 12.4 Å². The van der Waals surface area contributed by atoms with Gasteiger partial charge in [0.25, 0.3) is 5.56 Å². The Balaban J connectivity index is 1.68. The number of hydrogen-bond donors (Lipinski definition) is 1. The number of amides is 1. The topological polar surface area (TPSA) is 86.1 Å². The van der Waals surface area contributed by atoms with Crippen LogP contribution in [0.5, 0.6) is 5.75 Å². The molecule has 0 saturated heterocycles. The quantitative estimate of drug-likeness (QED) is 0.461. The SMILES string of the molecule is COc1ccc(-c2nn(CC(=O)Nc3cccc(C(F)(F)F)c3)c(=O)c3nc(C)sc23)cc1. The molecule has 2 heterocycles. The minimum Gasteiger partial charge on any atom is -0.497 e. The third kappa shape index (κ3) is 4.72. The molecule has 7 nitrogen and oxygen atoms in total. The van der Waals surface area contributed by atoms with Crippen LogP contribution in [0.25, 0.3) is 21.5 Å². The van der Waals surface area contributed by atoms with Gasteiger partial charge >= 0.3 is 6.18 Å². The van der Waals surface area contributed by atoms with Crippen molar-refractivity contribution >= 4 is 33.1 Å². The first-order valence-corrected chi connectivity index (χ1v) is 10.5. The molecule has 2 aromatic heterocycles. The summed E-state index contributed by atoms with van der Waals surface area (Å²) in [5.41, 5.74) is -0.169. The predicted octanol–water partition coefficient (Wildman–Crippen LogP) is 4.49. The van der Waals surface area contributed by atoms with E-state index in [4.69, 9.17) is 4.74 Å². The number of anilines is 1. The maximum Gasteiger partial charge on any atom is 0.416 e. The zero-order valence-electron chi connectivity index (χ0n) is 17.4. The molecule has 2 aromatic carbocycles. The highest BCUT2D eigenvalue weighted by Crippen LogP contribution is 2.31. The lowest BCUT2D eigenvalue weighted by Crippen LogP contribution is -2.30. The van der Waals surface area contributed by atoms with Gasteiger partial charge in [0.1, 0.15) is 18.0 Å². The molecule has 0 aliphatic heterocycles. The van der Waals surface area contributed by atoms with Gasteiger partial charge < -0.3 is 10.1 Å². The molecule has 0 saturated carbocycles. The predicted molar refractivity (Wildman–Crippen MR) is 118 cm³/mol. The van der Waals surface area contributed by atoms with Crippen molar-refractivity contribution in [1.29, 1.82) is 0 Å². The van der Waals surface area contributed by atoms with Gasteiger partial charge in [0, 0.05) is 11.3 Å². The van der Waals surface area contributed by atoms with Gasteiger partial charge in [-0.25, -0.2) is 9.67 Å². The first-order valence-electron chi connectivity index (χ1n) is 9.65. The van der Waals surface area contributed by atoms with Gasteiger partial charge in [0.15, 0.2) is 5.52 Å². The number of rotatable bonds is 5. The summed E-state index contributed by atoms with van der Waals surface area (Å²) in [5.74, 6) is -0.0554. The first kappa shape index (κ1) is 22.5. The summed E-state index contributed by atoms with van der Waals surface area (Å²) in [6.07, 6.45) is -4.54. The lowest BCUT2D eigenvalue weighted by molar-refractivity contribution is -0.137. The Bertz CT molecular complexity index is 1400. The Morgan fingerprint density at radius 3 is 2.58 bits per heavy atom. The lowest BCUT2D eigenvalue weighted by Gasteiger charge is -2.11. The molecule has 0 unspecified atom stereocenters. The van der Waals surface area contributed by atoms with Crippen molar-refractivity contribution in [1.82, 2.24) is 14.8 Å². The van der Waals surface area contributed by atoms with Crippen LogP contribution in [0.1, 0.15) is 10.6 Å². The van der Waals surface area contributed by atoms with Crippen molar-refractivity contribution in [3.8, 4) is 17.0 Å². The first-order chi connectivity index (χ1) is 15.7. The van der Waals surface area contributed by atoms with E-state index in [2.05, 4.69) is 15.4 Å². The Morgan fingerprint density at radius 2 is 1.91 bits per heavy atom. The molecule has 1 amide bonds. The second kappa shape index (κ2) is 8.66. The summed E-state index contributed by atoms with van der Waals surface area (Å²) in [4.78, 5) is 29.7. The Morgan fingerprint density at radius 1 is 1.18 bits per heavy atom. The maximum absolute atomic E-state index is 12.9. The van der Waals surface area contributed by atoms with Crippen LogP contribution in [0.15, 0.2) is 53.3 Å². The van der Waals surface area contributed by atoms with Gasteiger partial charge in [0.05, 0.1) is 22.4 Å². The van der Waals surface area contributed by atoms with E-state index in [1.54, 1.807) is 38.3 Å². The molecule has 170 valence electrons. The van der Waals surface area contributed by atoms with E-state index < -0.39 is 29.8 Å². The van der Waals surface area contributed by atoms with Crippen LogP contribution in [0, 0.1) is 6.92 Å². The van der Waals surface area contributed by atoms with E-state index in [-0.39, 0.29) is 11.2 Å². The van der Waals surface area contributed by atoms with E-state index in [0.29, 0.717) is 26.7 Å². The maximum atomic E-state index is 12.9. The van der Waals surface area contributed by atoms with Crippen LogP contribution in [0.3, 0.4) is 0 Å². The Kier molecular flexibility index (Phi) is 5.90. The summed E-state index contributed by atoms with van der Waals surface area (Å²) >= 11 is 1.31. The number of alkyl halides is 3. The normalized spacial score (nSPS) is 11.5. The molecule has 0 aliphatic rings. The average molecular weight is 474 g/mol. The second-order valence-corrected chi connectivity index (χ2v) is 8.28. The number of hydrogen-bond acceptors (Lipinski definition) is 6. The summed E-state index contributed by atoms with van der Waals surface area (Å²) in [5, 5.41) is 7.41. The van der Waals surface area contributed by atoms with Crippen molar-refractivity contribution in [2.24, 2.45) is 0 Å². The van der Waals surface area contributed by atoms with E-state index >= 15 is 0 Å². The molecule has 11 heteroatoms. The number of ether oxygens (including phenoxy) is 1. The van der Waals surface area contributed by atoms with Gasteiger partial charge in [0.2, 0.25) is 5.91 Å². The van der Waals surface area contributed by atoms with Crippen molar-refractivity contribution in [2.45, 2.75) is 19.6 Å². The van der Waals surface area contributed by atoms with Gasteiger partial charge in [-0.3, -0.25) is 9.59 Å². The average Bonchev–Trinajstić information content (AvgIpc) is 3.17. The van der Waals surface area contributed by atoms with Crippen LogP contribution in [-0.2, 0) is 17.5 Å². The zero-order valence-corrected chi connectivity index (χ0v) is 18.3. The fraction of sp³-hybridized carbons (Fsp3) is 0.182. The number of aryl methyl sites for hydroxylation is 1. The monoisotopic (exact) mass is 474 g/mol. The number of nitrogens with zero attached hydrogens (tertiary/aromatic N) is 3. The minimum absolute atomic E-state index is 0.0381. The van der Waals surface area contributed by atoms with Crippen molar-refractivity contribution < 1.29 is 22.7 Å². The highest BCUT2D eigenvalue weighted by molar-refractivity contribution is 7.19. The number of nitrogens with one attached hydrogen (secondary N) is 1. The number of aromatic nitrogens is 3. The number of halogens is 3. The summed E-state index contributed by atoms with van der Waals surface area (Å²) in [7, 11) is 1.54. The molecule has 0 aliphatic carbocycles. The van der Waals surface area contributed by atoms with Crippen molar-refractivity contribution in [3.05, 3.63) is 69.5 Å². The molecular weight excluding hydrogens is 457 g/mol. The number of carbonyl (C=O) groups excluding carboxylic acids is 1. The third-order valence-corrected chi connectivity index (χ3v) is 5.71. The minimum atomic E-state index is -4.54. The number of carbonyl (C=O) groups is 1. The smallest absolute Gasteiger partial charge is 0.416 e. The third-order valence-electron chi connectivity index (χ3n) is 4.74. The van der Waals surface area contributed by atoms with E-state index in [0.717, 1.165) is 16.8 Å². The Labute approximate surface area is 189 Å². The molecule has 4 aromatic rings. The lowest BCUT2D eigenvalue weighted by atomic mass is 10.1. The molecule has 33 heavy (non-hydrogen) atoms. The fourth-order valence-electron chi connectivity index (χ4n) is 3.22. The van der Waals surface area contributed by atoms with Crippen LogP contribution in [0.2, 0.25) is 0 Å². The largest absolute Gasteiger partial charge is 0.497 e. The molecule has 0 radical (unpaired) electrons. The van der Waals surface area contributed by atoms with Crippen LogP contribution in [0.4, 0.5) is 18.9 Å². The van der Waals surface area contributed by atoms with E-state index in [1.165, 1.54) is 23.5 Å². The van der Waals surface area contributed by atoms with Crippen LogP contribution >= 0.6 is 11.3 Å². The molecule has 0 fully saturated rings. The van der Waals surface area contributed by atoms with Gasteiger partial charge in [-0.2, -0.15) is 18.3 Å². The van der Waals surface area contributed by atoms with Crippen molar-refractivity contribution in [3.63, 3.8) is 0 Å². The van der Waals surface area contributed by atoms with Crippen LogP contribution in [-0.4, -0.2) is 27.8 Å². The van der Waals surface area contributed by atoms with Gasteiger partial charge in [-0.15, -0.1) is 11.3 Å². The van der Waals surface area contributed by atoms with E-state index in [9.17, 15) is 22.8 Å². The highest BCUT2D eigenvalue weighted by Gasteiger charge is 2.30. The van der Waals surface area contributed by atoms with E-state index in [1.807, 2.05) is 0 Å². The molecule has 0 bridgehead atoms. The molecular formula is C22H17F3N4O3S. The summed E-state index contributed by atoms with van der Waals surface area (Å²) in [6.45, 7) is 1.26. The standard InChI is InChI=1S/C22H17F3N4O3S/c1-12-26-19-20(33-12)18(13-6-8-16(32-2)9-7-13)28-29(21(19)31)11-17(30)27-15-5-3-4-14(10-15)22(23,24)25/h3-10H,11H2,1-2H3,(H,27,30). The number of thiazole rings is 1.